The summed E-state index contributed by atoms with van der Waals surface area (Å²) >= 11 is 0. The van der Waals surface area contributed by atoms with Gasteiger partial charge in [-0.15, -0.1) is 0 Å². The van der Waals surface area contributed by atoms with Crippen molar-refractivity contribution >= 4 is 5.84 Å². The molecule has 17 heavy (non-hydrogen) atoms. The Morgan fingerprint density at radius 3 is 2.59 bits per heavy atom. The minimum Gasteiger partial charge on any atom is -0.409 e. The molecule has 1 saturated heterocycles. The first kappa shape index (κ1) is 14.2. The van der Waals surface area contributed by atoms with Gasteiger partial charge in [-0.3, -0.25) is 4.90 Å². The Labute approximate surface area is 103 Å². The van der Waals surface area contributed by atoms with Gasteiger partial charge in [-0.05, 0) is 13.3 Å². The lowest BCUT2D eigenvalue weighted by atomic mass is 10.2. The van der Waals surface area contributed by atoms with Gasteiger partial charge < -0.3 is 20.6 Å². The van der Waals surface area contributed by atoms with Crippen LogP contribution in [0, 0.1) is 0 Å². The number of ether oxygens (including phenoxy) is 1. The molecule has 0 spiro atoms. The monoisotopic (exact) mass is 244 g/mol. The van der Waals surface area contributed by atoms with E-state index in [2.05, 4.69) is 15.0 Å². The molecule has 6 heteroatoms. The van der Waals surface area contributed by atoms with Crippen molar-refractivity contribution in [1.82, 2.24) is 9.80 Å². The highest BCUT2D eigenvalue weighted by atomic mass is 16.5. The van der Waals surface area contributed by atoms with Gasteiger partial charge in [-0.1, -0.05) is 5.16 Å². The molecule has 100 valence electrons. The van der Waals surface area contributed by atoms with Crippen LogP contribution >= 0.6 is 0 Å². The van der Waals surface area contributed by atoms with Crippen LogP contribution in [0.15, 0.2) is 5.16 Å². The summed E-state index contributed by atoms with van der Waals surface area (Å²) in [6, 6.07) is 0.0149. The Bertz CT molecular complexity index is 240. The number of piperazine rings is 1. The second-order valence-electron chi connectivity index (χ2n) is 4.42. The van der Waals surface area contributed by atoms with Crippen LogP contribution in [0.5, 0.6) is 0 Å². The summed E-state index contributed by atoms with van der Waals surface area (Å²) in [5.74, 6) is 0.290. The standard InChI is InChI=1S/C11H24N4O2/c1-10(11(12)13-16)15-7-5-14(6-8-15)4-3-9-17-2/h10,16H,3-9H2,1-2H3,(H2,12,13). The zero-order chi connectivity index (χ0) is 12.7. The predicted molar refractivity (Wildman–Crippen MR) is 67.4 cm³/mol. The van der Waals surface area contributed by atoms with Crippen LogP contribution in [0.3, 0.4) is 0 Å². The highest BCUT2D eigenvalue weighted by Crippen LogP contribution is 2.07. The number of hydrogen-bond acceptors (Lipinski definition) is 5. The molecule has 3 N–H and O–H groups in total. The average Bonchev–Trinajstić information content (AvgIpc) is 2.38. The maximum Gasteiger partial charge on any atom is 0.156 e. The maximum atomic E-state index is 8.64. The Morgan fingerprint density at radius 2 is 2.06 bits per heavy atom. The molecule has 1 rings (SSSR count). The molecule has 0 bridgehead atoms. The van der Waals surface area contributed by atoms with Gasteiger partial charge >= 0.3 is 0 Å². The van der Waals surface area contributed by atoms with Crippen molar-refractivity contribution in [2.45, 2.75) is 19.4 Å². The number of hydrogen-bond donors (Lipinski definition) is 2. The van der Waals surface area contributed by atoms with E-state index in [0.29, 0.717) is 0 Å². The number of nitrogens with two attached hydrogens (primary N) is 1. The summed E-state index contributed by atoms with van der Waals surface area (Å²) in [6.45, 7) is 7.87. The topological polar surface area (TPSA) is 74.3 Å². The fourth-order valence-electron chi connectivity index (χ4n) is 2.08. The summed E-state index contributed by atoms with van der Waals surface area (Å²) in [5, 5.41) is 11.7. The molecular formula is C11H24N4O2. The number of oxime groups is 1. The Hall–Kier alpha value is -0.850. The van der Waals surface area contributed by atoms with E-state index in [1.165, 1.54) is 0 Å². The average molecular weight is 244 g/mol. The zero-order valence-corrected chi connectivity index (χ0v) is 10.8. The molecule has 0 aromatic carbocycles. The van der Waals surface area contributed by atoms with E-state index in [1.807, 2.05) is 6.92 Å². The molecule has 0 aromatic rings. The number of amidine groups is 1. The lowest BCUT2D eigenvalue weighted by Crippen LogP contribution is -2.53. The second kappa shape index (κ2) is 7.47. The van der Waals surface area contributed by atoms with Crippen LogP contribution in [-0.2, 0) is 4.74 Å². The second-order valence-corrected chi connectivity index (χ2v) is 4.42. The zero-order valence-electron chi connectivity index (χ0n) is 10.8. The summed E-state index contributed by atoms with van der Waals surface area (Å²) in [6.07, 6.45) is 1.08. The molecule has 0 aromatic heterocycles. The van der Waals surface area contributed by atoms with E-state index in [0.717, 1.165) is 45.8 Å². The van der Waals surface area contributed by atoms with Crippen molar-refractivity contribution in [1.29, 1.82) is 0 Å². The van der Waals surface area contributed by atoms with E-state index >= 15 is 0 Å². The van der Waals surface area contributed by atoms with Crippen LogP contribution < -0.4 is 5.73 Å². The molecule has 1 aliphatic heterocycles. The van der Waals surface area contributed by atoms with Gasteiger partial charge in [-0.2, -0.15) is 0 Å². The molecule has 1 aliphatic rings. The fraction of sp³-hybridized carbons (Fsp3) is 0.909. The van der Waals surface area contributed by atoms with E-state index in [4.69, 9.17) is 15.7 Å². The van der Waals surface area contributed by atoms with Gasteiger partial charge in [0.05, 0.1) is 6.04 Å². The summed E-state index contributed by atoms with van der Waals surface area (Å²) < 4.78 is 5.04. The highest BCUT2D eigenvalue weighted by molar-refractivity contribution is 5.84. The van der Waals surface area contributed by atoms with Crippen molar-refractivity contribution < 1.29 is 9.94 Å². The van der Waals surface area contributed by atoms with Gasteiger partial charge in [0.15, 0.2) is 5.84 Å². The van der Waals surface area contributed by atoms with Crippen LogP contribution in [0.4, 0.5) is 0 Å². The first-order valence-corrected chi connectivity index (χ1v) is 6.11. The van der Waals surface area contributed by atoms with E-state index in [-0.39, 0.29) is 11.9 Å². The molecule has 1 fully saturated rings. The molecule has 6 nitrogen and oxygen atoms in total. The third-order valence-corrected chi connectivity index (χ3v) is 3.32. The fourth-order valence-corrected chi connectivity index (χ4v) is 2.08. The van der Waals surface area contributed by atoms with Crippen molar-refractivity contribution in [3.05, 3.63) is 0 Å². The lowest BCUT2D eigenvalue weighted by molar-refractivity contribution is 0.108. The lowest BCUT2D eigenvalue weighted by Gasteiger charge is -2.37. The van der Waals surface area contributed by atoms with Crippen LogP contribution in [0.1, 0.15) is 13.3 Å². The third-order valence-electron chi connectivity index (χ3n) is 3.32. The van der Waals surface area contributed by atoms with E-state index in [9.17, 15) is 0 Å². The predicted octanol–water partition coefficient (Wildman–Crippen LogP) is -0.225. The molecule has 0 aliphatic carbocycles. The van der Waals surface area contributed by atoms with Crippen molar-refractivity contribution in [3.63, 3.8) is 0 Å². The van der Waals surface area contributed by atoms with E-state index < -0.39 is 0 Å². The van der Waals surface area contributed by atoms with Crippen LogP contribution in [0.25, 0.3) is 0 Å². The molecule has 0 saturated carbocycles. The summed E-state index contributed by atoms with van der Waals surface area (Å²) in [4.78, 5) is 4.66. The maximum absolute atomic E-state index is 8.64. The molecular weight excluding hydrogens is 220 g/mol. The Kier molecular flexibility index (Phi) is 6.25. The van der Waals surface area contributed by atoms with Crippen LogP contribution in [-0.4, -0.2) is 73.3 Å². The highest BCUT2D eigenvalue weighted by Gasteiger charge is 2.22. The third kappa shape index (κ3) is 4.49. The summed E-state index contributed by atoms with van der Waals surface area (Å²) in [5.41, 5.74) is 5.61. The largest absolute Gasteiger partial charge is 0.409 e. The smallest absolute Gasteiger partial charge is 0.156 e. The first-order chi connectivity index (χ1) is 8.19. The van der Waals surface area contributed by atoms with E-state index in [1.54, 1.807) is 7.11 Å². The minimum absolute atomic E-state index is 0.0149. The number of rotatable bonds is 6. The molecule has 1 heterocycles. The number of methoxy groups -OCH3 is 1. The SMILES string of the molecule is COCCCN1CCN(C(C)/C(N)=N/O)CC1. The Balaban J connectivity index is 2.25. The van der Waals surface area contributed by atoms with Gasteiger partial charge in [0.1, 0.15) is 0 Å². The van der Waals surface area contributed by atoms with Gasteiger partial charge in [0.25, 0.3) is 0 Å². The van der Waals surface area contributed by atoms with Crippen molar-refractivity contribution in [3.8, 4) is 0 Å². The number of nitrogens with zero attached hydrogens (tertiary/aromatic N) is 3. The van der Waals surface area contributed by atoms with Gasteiger partial charge in [-0.25, -0.2) is 0 Å². The quantitative estimate of drug-likeness (QED) is 0.222. The van der Waals surface area contributed by atoms with Gasteiger partial charge in [0, 0.05) is 46.4 Å². The first-order valence-electron chi connectivity index (χ1n) is 6.11. The van der Waals surface area contributed by atoms with Crippen LogP contribution in [0.2, 0.25) is 0 Å². The minimum atomic E-state index is 0.0149. The van der Waals surface area contributed by atoms with Crippen molar-refractivity contribution in [2.75, 3.05) is 46.4 Å². The molecule has 1 atom stereocenters. The molecule has 0 radical (unpaired) electrons. The van der Waals surface area contributed by atoms with Gasteiger partial charge in [0.2, 0.25) is 0 Å². The Morgan fingerprint density at radius 1 is 1.41 bits per heavy atom. The normalized spacial score (nSPS) is 21.6. The van der Waals surface area contributed by atoms with Crippen molar-refractivity contribution in [2.24, 2.45) is 10.9 Å². The molecule has 0 amide bonds. The molecule has 1 unspecified atom stereocenters. The summed E-state index contributed by atoms with van der Waals surface area (Å²) in [7, 11) is 1.73.